The van der Waals surface area contributed by atoms with E-state index in [1.807, 2.05) is 48.9 Å². The number of amides is 2. The molecule has 0 fully saturated rings. The minimum absolute atomic E-state index is 0.285. The van der Waals surface area contributed by atoms with Crippen LogP contribution in [0.4, 0.5) is 0 Å². The van der Waals surface area contributed by atoms with Gasteiger partial charge >= 0.3 is 5.97 Å². The molecule has 0 bridgehead atoms. The average molecular weight is 455 g/mol. The number of ether oxygens (including phenoxy) is 1. The van der Waals surface area contributed by atoms with Gasteiger partial charge in [0.2, 0.25) is 0 Å². The molecule has 0 saturated heterocycles. The monoisotopic (exact) mass is 454 g/mol. The molecule has 0 saturated carbocycles. The van der Waals surface area contributed by atoms with Crippen LogP contribution in [0.2, 0.25) is 0 Å². The Labute approximate surface area is 190 Å². The minimum Gasteiger partial charge on any atom is -0.454 e. The molecule has 8 nitrogen and oxygen atoms in total. The Balaban J connectivity index is 1.46. The van der Waals surface area contributed by atoms with Gasteiger partial charge in [0.1, 0.15) is 6.04 Å². The van der Waals surface area contributed by atoms with Gasteiger partial charge < -0.3 is 15.4 Å². The summed E-state index contributed by atoms with van der Waals surface area (Å²) >= 11 is 1.28. The molecule has 2 aromatic heterocycles. The number of aromatic nitrogens is 2. The number of carbonyl (C=O) groups is 3. The van der Waals surface area contributed by atoms with E-state index in [4.69, 9.17) is 4.74 Å². The molecule has 0 radical (unpaired) electrons. The summed E-state index contributed by atoms with van der Waals surface area (Å²) in [5, 5.41) is 11.7. The van der Waals surface area contributed by atoms with Crippen LogP contribution < -0.4 is 10.6 Å². The molecule has 2 heterocycles. The van der Waals surface area contributed by atoms with Gasteiger partial charge in [0.05, 0.1) is 17.1 Å². The predicted molar refractivity (Wildman–Crippen MR) is 121 cm³/mol. The van der Waals surface area contributed by atoms with Gasteiger partial charge in [-0.25, -0.2) is 4.79 Å². The van der Waals surface area contributed by atoms with Crippen LogP contribution >= 0.6 is 11.3 Å². The van der Waals surface area contributed by atoms with Crippen LogP contribution in [0.15, 0.2) is 47.8 Å². The Morgan fingerprint density at radius 3 is 2.56 bits per heavy atom. The van der Waals surface area contributed by atoms with Gasteiger partial charge in [-0.05, 0) is 37.8 Å². The van der Waals surface area contributed by atoms with Gasteiger partial charge in [-0.15, -0.1) is 11.3 Å². The Bertz CT molecular complexity index is 1080. The lowest BCUT2D eigenvalue weighted by Gasteiger charge is -2.13. The van der Waals surface area contributed by atoms with Crippen molar-refractivity contribution in [3.05, 3.63) is 75.2 Å². The summed E-state index contributed by atoms with van der Waals surface area (Å²) in [5.74, 6) is -1.45. The van der Waals surface area contributed by atoms with Crippen molar-refractivity contribution < 1.29 is 19.1 Å². The van der Waals surface area contributed by atoms with E-state index in [2.05, 4.69) is 15.7 Å². The molecule has 1 unspecified atom stereocenters. The van der Waals surface area contributed by atoms with Crippen molar-refractivity contribution in [2.75, 3.05) is 6.61 Å². The molecule has 32 heavy (non-hydrogen) atoms. The molecular formula is C23H26N4O4S. The maximum Gasteiger partial charge on any atom is 0.328 e. The first-order chi connectivity index (χ1) is 15.3. The number of hydrogen-bond donors (Lipinski definition) is 2. The third-order valence-electron chi connectivity index (χ3n) is 4.96. The molecule has 9 heteroatoms. The van der Waals surface area contributed by atoms with E-state index in [1.54, 1.807) is 17.5 Å². The fourth-order valence-corrected chi connectivity index (χ4v) is 3.76. The summed E-state index contributed by atoms with van der Waals surface area (Å²) in [6.07, 6.45) is 0. The lowest BCUT2D eigenvalue weighted by Crippen LogP contribution is -2.40. The maximum atomic E-state index is 12.2. The maximum absolute atomic E-state index is 12.2. The molecule has 3 aromatic rings. The van der Waals surface area contributed by atoms with Crippen molar-refractivity contribution in [2.24, 2.45) is 0 Å². The average Bonchev–Trinajstić information content (AvgIpc) is 3.40. The summed E-state index contributed by atoms with van der Waals surface area (Å²) in [7, 11) is 0. The molecule has 1 atom stereocenters. The van der Waals surface area contributed by atoms with Crippen molar-refractivity contribution >= 4 is 29.1 Å². The second kappa shape index (κ2) is 10.7. The van der Waals surface area contributed by atoms with Crippen molar-refractivity contribution in [1.29, 1.82) is 0 Å². The minimum atomic E-state index is -0.863. The Hall–Kier alpha value is -3.46. The number of rotatable bonds is 9. The smallest absolute Gasteiger partial charge is 0.328 e. The Morgan fingerprint density at radius 2 is 1.88 bits per heavy atom. The summed E-state index contributed by atoms with van der Waals surface area (Å²) < 4.78 is 6.94. The van der Waals surface area contributed by atoms with Gasteiger partial charge in [-0.3, -0.25) is 14.3 Å². The third-order valence-corrected chi connectivity index (χ3v) is 5.83. The number of thiophene rings is 1. The molecule has 168 valence electrons. The zero-order chi connectivity index (χ0) is 23.1. The topological polar surface area (TPSA) is 102 Å². The van der Waals surface area contributed by atoms with Gasteiger partial charge in [0.25, 0.3) is 11.8 Å². The van der Waals surface area contributed by atoms with Crippen molar-refractivity contribution in [2.45, 2.75) is 39.9 Å². The van der Waals surface area contributed by atoms with E-state index in [0.29, 0.717) is 11.4 Å². The van der Waals surface area contributed by atoms with E-state index in [1.165, 1.54) is 18.3 Å². The summed E-state index contributed by atoms with van der Waals surface area (Å²) in [5.41, 5.74) is 3.87. The first kappa shape index (κ1) is 23.2. The second-order valence-electron chi connectivity index (χ2n) is 7.35. The summed E-state index contributed by atoms with van der Waals surface area (Å²) in [6, 6.07) is 12.6. The molecular weight excluding hydrogens is 428 g/mol. The number of carbonyl (C=O) groups excluding carboxylic acids is 3. The van der Waals surface area contributed by atoms with E-state index in [9.17, 15) is 14.4 Å². The number of nitrogens with zero attached hydrogens (tertiary/aromatic N) is 2. The molecule has 1 aromatic carbocycles. The molecule has 2 N–H and O–H groups in total. The van der Waals surface area contributed by atoms with Crippen molar-refractivity contribution in [1.82, 2.24) is 20.4 Å². The van der Waals surface area contributed by atoms with E-state index < -0.39 is 24.5 Å². The van der Waals surface area contributed by atoms with Crippen molar-refractivity contribution in [3.63, 3.8) is 0 Å². The van der Waals surface area contributed by atoms with E-state index in [-0.39, 0.29) is 12.5 Å². The molecule has 3 rings (SSSR count). The first-order valence-corrected chi connectivity index (χ1v) is 11.1. The zero-order valence-corrected chi connectivity index (χ0v) is 19.1. The predicted octanol–water partition coefficient (Wildman–Crippen LogP) is 2.59. The molecule has 2 amide bonds. The normalized spacial score (nSPS) is 11.6. The van der Waals surface area contributed by atoms with Gasteiger partial charge in [0, 0.05) is 17.8 Å². The quantitative estimate of drug-likeness (QED) is 0.484. The lowest BCUT2D eigenvalue weighted by atomic mass is 10.2. The largest absolute Gasteiger partial charge is 0.454 e. The highest BCUT2D eigenvalue weighted by molar-refractivity contribution is 7.12. The van der Waals surface area contributed by atoms with Gasteiger partial charge in [-0.2, -0.15) is 5.10 Å². The summed E-state index contributed by atoms with van der Waals surface area (Å²) in [4.78, 5) is 36.8. The fraction of sp³-hybridized carbons (Fsp3) is 0.304. The van der Waals surface area contributed by atoms with Crippen LogP contribution in [0.3, 0.4) is 0 Å². The van der Waals surface area contributed by atoms with E-state index >= 15 is 0 Å². The fourth-order valence-electron chi connectivity index (χ4n) is 3.13. The number of hydrogen-bond acceptors (Lipinski definition) is 6. The molecule has 0 aliphatic rings. The van der Waals surface area contributed by atoms with Crippen LogP contribution in [0.5, 0.6) is 0 Å². The van der Waals surface area contributed by atoms with Gasteiger partial charge in [0.15, 0.2) is 6.61 Å². The molecule has 0 spiro atoms. The first-order valence-electron chi connectivity index (χ1n) is 10.2. The number of nitrogens with one attached hydrogen (secondary N) is 2. The summed E-state index contributed by atoms with van der Waals surface area (Å²) in [6.45, 7) is 5.88. The van der Waals surface area contributed by atoms with Crippen LogP contribution in [0.1, 0.15) is 39.1 Å². The van der Waals surface area contributed by atoms with Crippen LogP contribution in [0.25, 0.3) is 0 Å². The van der Waals surface area contributed by atoms with Crippen LogP contribution in [0, 0.1) is 13.8 Å². The third kappa shape index (κ3) is 6.04. The highest BCUT2D eigenvalue weighted by Gasteiger charge is 2.20. The van der Waals surface area contributed by atoms with E-state index in [0.717, 1.165) is 22.5 Å². The van der Waals surface area contributed by atoms with Crippen molar-refractivity contribution in [3.8, 4) is 0 Å². The highest BCUT2D eigenvalue weighted by atomic mass is 32.1. The standard InChI is InChI=1S/C23H26N4O4S/c1-15-19(17(3)27(26-15)13-18-8-5-4-6-9-18)12-24-21(28)14-31-23(30)16(2)25-22(29)20-10-7-11-32-20/h4-11,16H,12-14H2,1-3H3,(H,24,28)(H,25,29). The Morgan fingerprint density at radius 1 is 1.12 bits per heavy atom. The zero-order valence-electron chi connectivity index (χ0n) is 18.3. The molecule has 0 aliphatic carbocycles. The lowest BCUT2D eigenvalue weighted by molar-refractivity contribution is -0.150. The number of esters is 1. The highest BCUT2D eigenvalue weighted by Crippen LogP contribution is 2.14. The van der Waals surface area contributed by atoms with Crippen LogP contribution in [-0.2, 0) is 27.4 Å². The number of aryl methyl sites for hydroxylation is 1. The number of benzene rings is 1. The SMILES string of the molecule is Cc1nn(Cc2ccccc2)c(C)c1CNC(=O)COC(=O)C(C)NC(=O)c1cccs1. The van der Waals surface area contributed by atoms with Crippen LogP contribution in [-0.4, -0.2) is 40.2 Å². The Kier molecular flexibility index (Phi) is 7.77. The van der Waals surface area contributed by atoms with Gasteiger partial charge in [-0.1, -0.05) is 36.4 Å². The molecule has 0 aliphatic heterocycles. The second-order valence-corrected chi connectivity index (χ2v) is 8.30.